The van der Waals surface area contributed by atoms with Gasteiger partial charge in [-0.3, -0.25) is 4.68 Å². The van der Waals surface area contributed by atoms with Gasteiger partial charge in [0.25, 0.3) is 0 Å². The lowest BCUT2D eigenvalue weighted by Gasteiger charge is -2.31. The van der Waals surface area contributed by atoms with E-state index in [9.17, 15) is 0 Å². The SMILES string of the molecule is Cn1ccc(NC(=S)N2CCCc3ccccc32)n1. The molecule has 1 N–H and O–H groups in total. The smallest absolute Gasteiger partial charge is 0.179 e. The van der Waals surface area contributed by atoms with Gasteiger partial charge in [0.2, 0.25) is 0 Å². The zero-order valence-corrected chi connectivity index (χ0v) is 11.7. The van der Waals surface area contributed by atoms with Crippen LogP contribution in [0.15, 0.2) is 36.5 Å². The van der Waals surface area contributed by atoms with Crippen molar-refractivity contribution in [2.24, 2.45) is 7.05 Å². The molecule has 1 aliphatic heterocycles. The summed E-state index contributed by atoms with van der Waals surface area (Å²) in [7, 11) is 1.89. The quantitative estimate of drug-likeness (QED) is 0.809. The second kappa shape index (κ2) is 5.01. The van der Waals surface area contributed by atoms with E-state index in [0.29, 0.717) is 5.11 Å². The Kier molecular flexibility index (Phi) is 3.21. The van der Waals surface area contributed by atoms with Gasteiger partial charge in [0, 0.05) is 31.5 Å². The summed E-state index contributed by atoms with van der Waals surface area (Å²) in [5.74, 6) is 0.788. The lowest BCUT2D eigenvalue weighted by Crippen LogP contribution is -2.38. The molecule has 1 aromatic heterocycles. The van der Waals surface area contributed by atoms with Crippen LogP contribution in [0.25, 0.3) is 0 Å². The molecular weight excluding hydrogens is 256 g/mol. The molecule has 0 amide bonds. The standard InChI is InChI=1S/C14H16N4S/c1-17-10-8-13(16-17)15-14(19)18-9-4-6-11-5-2-3-7-12(11)18/h2-3,5,7-8,10H,4,6,9H2,1H3,(H,15,16,19). The van der Waals surface area contributed by atoms with E-state index in [-0.39, 0.29) is 0 Å². The Bertz CT molecular complexity index is 605. The molecule has 0 atom stereocenters. The third-order valence-corrected chi connectivity index (χ3v) is 3.63. The fourth-order valence-electron chi connectivity index (χ4n) is 2.40. The lowest BCUT2D eigenvalue weighted by atomic mass is 10.0. The molecule has 0 saturated carbocycles. The maximum atomic E-state index is 5.51. The van der Waals surface area contributed by atoms with Crippen LogP contribution >= 0.6 is 12.2 Å². The highest BCUT2D eigenvalue weighted by atomic mass is 32.1. The molecule has 2 aromatic rings. The van der Waals surface area contributed by atoms with Crippen LogP contribution < -0.4 is 10.2 Å². The van der Waals surface area contributed by atoms with Crippen LogP contribution in [0.4, 0.5) is 11.5 Å². The molecule has 2 heterocycles. The lowest BCUT2D eigenvalue weighted by molar-refractivity contribution is 0.769. The number of anilines is 2. The van der Waals surface area contributed by atoms with Crippen molar-refractivity contribution in [3.05, 3.63) is 42.1 Å². The van der Waals surface area contributed by atoms with Gasteiger partial charge in [0.15, 0.2) is 10.9 Å². The summed E-state index contributed by atoms with van der Waals surface area (Å²) in [5.41, 5.74) is 2.57. The zero-order chi connectivity index (χ0) is 13.2. The Morgan fingerprint density at radius 2 is 2.16 bits per heavy atom. The van der Waals surface area contributed by atoms with Crippen molar-refractivity contribution in [2.45, 2.75) is 12.8 Å². The molecule has 0 saturated heterocycles. The van der Waals surface area contributed by atoms with Crippen LogP contribution in [0.2, 0.25) is 0 Å². The first-order chi connectivity index (χ1) is 9.24. The molecule has 0 unspecified atom stereocenters. The Hall–Kier alpha value is -1.88. The average Bonchev–Trinajstić information content (AvgIpc) is 2.83. The highest BCUT2D eigenvalue weighted by Gasteiger charge is 2.19. The first-order valence-corrected chi connectivity index (χ1v) is 6.81. The maximum Gasteiger partial charge on any atom is 0.179 e. The van der Waals surface area contributed by atoms with Gasteiger partial charge in [-0.15, -0.1) is 0 Å². The third kappa shape index (κ3) is 2.46. The van der Waals surface area contributed by atoms with E-state index in [1.807, 2.05) is 19.3 Å². The van der Waals surface area contributed by atoms with Crippen LogP contribution in [0, 0.1) is 0 Å². The third-order valence-electron chi connectivity index (χ3n) is 3.30. The van der Waals surface area contributed by atoms with E-state index in [1.165, 1.54) is 11.3 Å². The molecule has 5 heteroatoms. The van der Waals surface area contributed by atoms with Gasteiger partial charge in [-0.25, -0.2) is 0 Å². The van der Waals surface area contributed by atoms with E-state index in [1.54, 1.807) is 4.68 Å². The van der Waals surface area contributed by atoms with Gasteiger partial charge >= 0.3 is 0 Å². The van der Waals surface area contributed by atoms with Crippen molar-refractivity contribution in [1.29, 1.82) is 0 Å². The number of fused-ring (bicyclic) bond motifs is 1. The monoisotopic (exact) mass is 272 g/mol. The van der Waals surface area contributed by atoms with Gasteiger partial charge in [0.1, 0.15) is 0 Å². The topological polar surface area (TPSA) is 33.1 Å². The predicted octanol–water partition coefficient (Wildman–Crippen LogP) is 2.57. The molecule has 4 nitrogen and oxygen atoms in total. The first kappa shape index (κ1) is 12.2. The fraction of sp³-hybridized carbons (Fsp3) is 0.286. The maximum absolute atomic E-state index is 5.51. The van der Waals surface area contributed by atoms with Crippen molar-refractivity contribution >= 4 is 28.8 Å². The summed E-state index contributed by atoms with van der Waals surface area (Å²) in [6, 6.07) is 10.4. The number of rotatable bonds is 1. The number of nitrogens with zero attached hydrogens (tertiary/aromatic N) is 3. The largest absolute Gasteiger partial charge is 0.318 e. The Labute approximate surface area is 118 Å². The van der Waals surface area contributed by atoms with Crippen LogP contribution in [0.1, 0.15) is 12.0 Å². The minimum atomic E-state index is 0.714. The summed E-state index contributed by atoms with van der Waals surface area (Å²) in [4.78, 5) is 2.16. The molecular formula is C14H16N4S. The fourth-order valence-corrected chi connectivity index (χ4v) is 2.70. The van der Waals surface area contributed by atoms with Gasteiger partial charge in [-0.2, -0.15) is 5.10 Å². The Morgan fingerprint density at radius 3 is 2.95 bits per heavy atom. The minimum absolute atomic E-state index is 0.714. The predicted molar refractivity (Wildman–Crippen MR) is 81.5 cm³/mol. The van der Waals surface area contributed by atoms with Crippen LogP contribution in [-0.4, -0.2) is 21.4 Å². The molecule has 1 aromatic carbocycles. The number of aryl methyl sites for hydroxylation is 2. The zero-order valence-electron chi connectivity index (χ0n) is 10.8. The van der Waals surface area contributed by atoms with E-state index in [4.69, 9.17) is 12.2 Å². The van der Waals surface area contributed by atoms with E-state index >= 15 is 0 Å². The number of nitrogens with one attached hydrogen (secondary N) is 1. The number of para-hydroxylation sites is 1. The van der Waals surface area contributed by atoms with Crippen molar-refractivity contribution < 1.29 is 0 Å². The van der Waals surface area contributed by atoms with Crippen LogP contribution in [0.5, 0.6) is 0 Å². The molecule has 0 fully saturated rings. The number of aromatic nitrogens is 2. The highest BCUT2D eigenvalue weighted by molar-refractivity contribution is 7.80. The van der Waals surface area contributed by atoms with E-state index < -0.39 is 0 Å². The molecule has 0 spiro atoms. The number of benzene rings is 1. The Morgan fingerprint density at radius 1 is 1.32 bits per heavy atom. The van der Waals surface area contributed by atoms with Crippen molar-refractivity contribution in [3.8, 4) is 0 Å². The van der Waals surface area contributed by atoms with Crippen LogP contribution in [0.3, 0.4) is 0 Å². The molecule has 19 heavy (non-hydrogen) atoms. The highest BCUT2D eigenvalue weighted by Crippen LogP contribution is 2.27. The van der Waals surface area contributed by atoms with Gasteiger partial charge < -0.3 is 10.2 Å². The minimum Gasteiger partial charge on any atom is -0.318 e. The number of hydrogen-bond donors (Lipinski definition) is 1. The summed E-state index contributed by atoms with van der Waals surface area (Å²) >= 11 is 5.51. The first-order valence-electron chi connectivity index (χ1n) is 6.40. The second-order valence-corrected chi connectivity index (χ2v) is 5.08. The molecule has 3 rings (SSSR count). The molecule has 0 aliphatic carbocycles. The van der Waals surface area contributed by atoms with Gasteiger partial charge in [-0.1, -0.05) is 18.2 Å². The number of thiocarbonyl (C=S) groups is 1. The van der Waals surface area contributed by atoms with Crippen molar-refractivity contribution in [1.82, 2.24) is 9.78 Å². The van der Waals surface area contributed by atoms with Crippen molar-refractivity contribution in [2.75, 3.05) is 16.8 Å². The summed E-state index contributed by atoms with van der Waals surface area (Å²) < 4.78 is 1.76. The molecule has 0 bridgehead atoms. The molecule has 98 valence electrons. The van der Waals surface area contributed by atoms with E-state index in [0.717, 1.165) is 25.2 Å². The Balaban J connectivity index is 1.81. The molecule has 1 aliphatic rings. The van der Waals surface area contributed by atoms with Crippen molar-refractivity contribution in [3.63, 3.8) is 0 Å². The van der Waals surface area contributed by atoms with Gasteiger partial charge in [-0.05, 0) is 36.7 Å². The molecule has 0 radical (unpaired) electrons. The normalized spacial score (nSPS) is 14.1. The number of hydrogen-bond acceptors (Lipinski definition) is 2. The van der Waals surface area contributed by atoms with E-state index in [2.05, 4.69) is 39.6 Å². The summed E-state index contributed by atoms with van der Waals surface area (Å²) in [6.07, 6.45) is 4.15. The summed E-state index contributed by atoms with van der Waals surface area (Å²) in [5, 5.41) is 8.21. The van der Waals surface area contributed by atoms with Gasteiger partial charge in [0.05, 0.1) is 0 Å². The van der Waals surface area contributed by atoms with Crippen LogP contribution in [-0.2, 0) is 13.5 Å². The second-order valence-electron chi connectivity index (χ2n) is 4.69. The average molecular weight is 272 g/mol. The summed E-state index contributed by atoms with van der Waals surface area (Å²) in [6.45, 7) is 0.954.